The van der Waals surface area contributed by atoms with Crippen molar-refractivity contribution in [1.82, 2.24) is 16.0 Å². The maximum atomic E-state index is 11.9. The summed E-state index contributed by atoms with van der Waals surface area (Å²) in [6, 6.07) is 3.60. The molecule has 0 bridgehead atoms. The minimum Gasteiger partial charge on any atom is -0.467 e. The minimum absolute atomic E-state index is 0.0134. The van der Waals surface area contributed by atoms with E-state index in [1.165, 1.54) is 0 Å². The number of rotatable bonds is 8. The molecule has 0 aliphatic heterocycles. The fraction of sp³-hybridized carbons (Fsp3) is 0.647. The molecule has 0 saturated heterocycles. The number of hydrogen-bond acceptors (Lipinski definition) is 4. The molecule has 0 aromatic carbocycles. The molecule has 1 aromatic rings. The zero-order chi connectivity index (χ0) is 18.0. The van der Waals surface area contributed by atoms with Crippen LogP contribution in [0.15, 0.2) is 27.8 Å². The van der Waals surface area contributed by atoms with Crippen molar-refractivity contribution in [3.63, 3.8) is 0 Å². The van der Waals surface area contributed by atoms with Crippen LogP contribution in [0.3, 0.4) is 0 Å². The van der Waals surface area contributed by atoms with E-state index in [1.54, 1.807) is 19.4 Å². The van der Waals surface area contributed by atoms with Crippen molar-refractivity contribution < 1.29 is 13.9 Å². The van der Waals surface area contributed by atoms with E-state index in [-0.39, 0.29) is 24.0 Å². The molecule has 0 spiro atoms. The standard InChI is InChI=1S/C17H30N4O3/c1-6-18-16(20-11-14(23-5)17(2,3)4)21-12-15(22)19-10-13-8-7-9-24-13/h7-9,14H,6,10-12H2,1-5H3,(H,19,22)(H2,18,20,21). The van der Waals surface area contributed by atoms with Gasteiger partial charge >= 0.3 is 0 Å². The summed E-state index contributed by atoms with van der Waals surface area (Å²) >= 11 is 0. The van der Waals surface area contributed by atoms with E-state index < -0.39 is 0 Å². The summed E-state index contributed by atoms with van der Waals surface area (Å²) in [5, 5.41) is 9.10. The van der Waals surface area contributed by atoms with Crippen LogP contribution in [-0.2, 0) is 16.1 Å². The van der Waals surface area contributed by atoms with Crippen LogP contribution in [0.1, 0.15) is 33.5 Å². The van der Waals surface area contributed by atoms with Crippen LogP contribution in [0.25, 0.3) is 0 Å². The van der Waals surface area contributed by atoms with Gasteiger partial charge in [-0.2, -0.15) is 0 Å². The van der Waals surface area contributed by atoms with E-state index in [0.29, 0.717) is 31.4 Å². The number of carbonyl (C=O) groups is 1. The van der Waals surface area contributed by atoms with Crippen molar-refractivity contribution in [2.24, 2.45) is 10.4 Å². The van der Waals surface area contributed by atoms with Crippen molar-refractivity contribution >= 4 is 11.9 Å². The van der Waals surface area contributed by atoms with Crippen molar-refractivity contribution in [3.05, 3.63) is 24.2 Å². The molecule has 0 aliphatic rings. The first-order chi connectivity index (χ1) is 11.4. The lowest BCUT2D eigenvalue weighted by Crippen LogP contribution is -2.45. The van der Waals surface area contributed by atoms with Gasteiger partial charge in [-0.25, -0.2) is 4.99 Å². The molecule has 0 saturated carbocycles. The van der Waals surface area contributed by atoms with E-state index >= 15 is 0 Å². The molecule has 1 amide bonds. The molecule has 1 unspecified atom stereocenters. The second-order valence-electron chi connectivity index (χ2n) is 6.52. The highest BCUT2D eigenvalue weighted by atomic mass is 16.5. The number of amides is 1. The molecule has 0 fully saturated rings. The molecule has 7 heteroatoms. The fourth-order valence-corrected chi connectivity index (χ4v) is 2.08. The van der Waals surface area contributed by atoms with Crippen LogP contribution in [0.2, 0.25) is 0 Å². The Morgan fingerprint density at radius 3 is 2.62 bits per heavy atom. The molecular formula is C17H30N4O3. The summed E-state index contributed by atoms with van der Waals surface area (Å²) in [6.07, 6.45) is 1.61. The van der Waals surface area contributed by atoms with Crippen molar-refractivity contribution in [2.45, 2.75) is 40.3 Å². The summed E-state index contributed by atoms with van der Waals surface area (Å²) in [5.74, 6) is 1.14. The van der Waals surface area contributed by atoms with E-state index in [0.717, 1.165) is 0 Å². The Hall–Kier alpha value is -2.02. The fourth-order valence-electron chi connectivity index (χ4n) is 2.08. The van der Waals surface area contributed by atoms with Crippen molar-refractivity contribution in [1.29, 1.82) is 0 Å². The smallest absolute Gasteiger partial charge is 0.242 e. The number of carbonyl (C=O) groups excluding carboxylic acids is 1. The highest BCUT2D eigenvalue weighted by Crippen LogP contribution is 2.20. The lowest BCUT2D eigenvalue weighted by molar-refractivity contribution is -0.119. The number of nitrogens with zero attached hydrogens (tertiary/aromatic N) is 1. The Kier molecular flexibility index (Phi) is 8.32. The Morgan fingerprint density at radius 2 is 2.08 bits per heavy atom. The molecule has 24 heavy (non-hydrogen) atoms. The molecular weight excluding hydrogens is 308 g/mol. The van der Waals surface area contributed by atoms with Crippen LogP contribution in [-0.4, -0.2) is 44.7 Å². The quantitative estimate of drug-likeness (QED) is 0.494. The van der Waals surface area contributed by atoms with Gasteiger partial charge in [0.1, 0.15) is 12.3 Å². The summed E-state index contributed by atoms with van der Waals surface area (Å²) in [7, 11) is 1.70. The van der Waals surface area contributed by atoms with Crippen LogP contribution in [0.5, 0.6) is 0 Å². The monoisotopic (exact) mass is 338 g/mol. The third-order valence-corrected chi connectivity index (χ3v) is 3.47. The Bertz CT molecular complexity index is 506. The van der Waals surface area contributed by atoms with Gasteiger partial charge in [0, 0.05) is 20.2 Å². The summed E-state index contributed by atoms with van der Waals surface area (Å²) < 4.78 is 10.7. The molecule has 1 atom stereocenters. The van der Waals surface area contributed by atoms with Gasteiger partial charge < -0.3 is 25.1 Å². The number of guanidine groups is 1. The highest BCUT2D eigenvalue weighted by molar-refractivity contribution is 5.84. The molecule has 0 aliphatic carbocycles. The van der Waals surface area contributed by atoms with Gasteiger partial charge in [0.05, 0.1) is 18.9 Å². The number of ether oxygens (including phenoxy) is 1. The SMILES string of the molecule is CCNC(=NCC(=O)NCc1ccco1)NCC(OC)C(C)(C)C. The van der Waals surface area contributed by atoms with E-state index in [2.05, 4.69) is 41.7 Å². The van der Waals surface area contributed by atoms with Gasteiger partial charge in [-0.05, 0) is 24.5 Å². The lowest BCUT2D eigenvalue weighted by Gasteiger charge is -2.30. The van der Waals surface area contributed by atoms with Gasteiger partial charge in [-0.15, -0.1) is 0 Å². The first kappa shape index (κ1) is 20.0. The maximum Gasteiger partial charge on any atom is 0.242 e. The van der Waals surface area contributed by atoms with Gasteiger partial charge in [0.25, 0.3) is 0 Å². The predicted octanol–water partition coefficient (Wildman–Crippen LogP) is 1.51. The third kappa shape index (κ3) is 7.50. The van der Waals surface area contributed by atoms with Crippen LogP contribution in [0.4, 0.5) is 0 Å². The van der Waals surface area contributed by atoms with Gasteiger partial charge in [0.2, 0.25) is 5.91 Å². The summed E-state index contributed by atoms with van der Waals surface area (Å²) in [6.45, 7) is 10.1. The zero-order valence-electron chi connectivity index (χ0n) is 15.3. The van der Waals surface area contributed by atoms with E-state index in [1.807, 2.05) is 13.0 Å². The first-order valence-corrected chi connectivity index (χ1v) is 8.20. The molecule has 3 N–H and O–H groups in total. The third-order valence-electron chi connectivity index (χ3n) is 3.47. The first-order valence-electron chi connectivity index (χ1n) is 8.20. The summed E-state index contributed by atoms with van der Waals surface area (Å²) in [5.41, 5.74) is 0.0134. The number of nitrogens with one attached hydrogen (secondary N) is 3. The Morgan fingerprint density at radius 1 is 1.33 bits per heavy atom. The topological polar surface area (TPSA) is 87.9 Å². The lowest BCUT2D eigenvalue weighted by atomic mass is 9.89. The molecule has 1 heterocycles. The highest BCUT2D eigenvalue weighted by Gasteiger charge is 2.24. The van der Waals surface area contributed by atoms with Crippen LogP contribution >= 0.6 is 0 Å². The van der Waals surface area contributed by atoms with E-state index in [9.17, 15) is 4.79 Å². The molecule has 1 rings (SSSR count). The van der Waals surface area contributed by atoms with E-state index in [4.69, 9.17) is 9.15 Å². The molecule has 136 valence electrons. The second-order valence-corrected chi connectivity index (χ2v) is 6.52. The largest absolute Gasteiger partial charge is 0.467 e. The van der Waals surface area contributed by atoms with Crippen LogP contribution in [0, 0.1) is 5.41 Å². The number of hydrogen-bond donors (Lipinski definition) is 3. The van der Waals surface area contributed by atoms with Crippen molar-refractivity contribution in [3.8, 4) is 0 Å². The Balaban J connectivity index is 2.47. The normalized spacial score (nSPS) is 13.5. The molecule has 0 radical (unpaired) electrons. The molecule has 1 aromatic heterocycles. The average Bonchev–Trinajstić information content (AvgIpc) is 3.03. The predicted molar refractivity (Wildman–Crippen MR) is 94.8 cm³/mol. The van der Waals surface area contributed by atoms with Gasteiger partial charge in [-0.3, -0.25) is 4.79 Å². The number of furan rings is 1. The maximum absolute atomic E-state index is 11.9. The Labute approximate surface area is 144 Å². The number of methoxy groups -OCH3 is 1. The minimum atomic E-state index is -0.164. The van der Waals surface area contributed by atoms with Gasteiger partial charge in [-0.1, -0.05) is 20.8 Å². The summed E-state index contributed by atoms with van der Waals surface area (Å²) in [4.78, 5) is 16.2. The van der Waals surface area contributed by atoms with Crippen LogP contribution < -0.4 is 16.0 Å². The number of aliphatic imine (C=N–C) groups is 1. The van der Waals surface area contributed by atoms with Crippen molar-refractivity contribution in [2.75, 3.05) is 26.7 Å². The van der Waals surface area contributed by atoms with Gasteiger partial charge in [0.15, 0.2) is 5.96 Å². The molecule has 7 nitrogen and oxygen atoms in total. The second kappa shape index (κ2) is 9.97. The zero-order valence-corrected chi connectivity index (χ0v) is 15.3. The average molecular weight is 338 g/mol.